The van der Waals surface area contributed by atoms with Gasteiger partial charge in [-0.15, -0.1) is 0 Å². The van der Waals surface area contributed by atoms with Crippen LogP contribution in [0.3, 0.4) is 0 Å². The lowest BCUT2D eigenvalue weighted by atomic mass is 10.1. The molecule has 0 spiro atoms. The van der Waals surface area contributed by atoms with Gasteiger partial charge in [0.15, 0.2) is 11.6 Å². The molecule has 1 aliphatic rings. The smallest absolute Gasteiger partial charge is 0.410 e. The van der Waals surface area contributed by atoms with Crippen LogP contribution in [0.4, 0.5) is 9.18 Å². The Bertz CT molecular complexity index is 1130. The second-order valence-electron chi connectivity index (χ2n) is 8.46. The van der Waals surface area contributed by atoms with E-state index >= 15 is 0 Å². The minimum Gasteiger partial charge on any atom is -0.474 e. The summed E-state index contributed by atoms with van der Waals surface area (Å²) in [6, 6.07) is 14.4. The van der Waals surface area contributed by atoms with Crippen molar-refractivity contribution in [2.75, 3.05) is 13.1 Å². The van der Waals surface area contributed by atoms with Crippen LogP contribution in [0.5, 0.6) is 17.5 Å². The van der Waals surface area contributed by atoms with Gasteiger partial charge in [-0.3, -0.25) is 0 Å². The van der Waals surface area contributed by atoms with Crippen molar-refractivity contribution in [3.05, 3.63) is 66.2 Å². The van der Waals surface area contributed by atoms with Crippen molar-refractivity contribution in [2.45, 2.75) is 45.8 Å². The number of ether oxygens (including phenoxy) is 3. The highest BCUT2D eigenvalue weighted by atomic mass is 19.1. The zero-order valence-corrected chi connectivity index (χ0v) is 19.5. The number of nitrogens with zero attached hydrogens (tertiary/aromatic N) is 3. The van der Waals surface area contributed by atoms with E-state index in [1.165, 1.54) is 12.4 Å². The molecule has 1 fully saturated rings. The Morgan fingerprint density at radius 2 is 1.74 bits per heavy atom. The molecule has 2 heterocycles. The topological polar surface area (TPSA) is 73.8 Å². The fourth-order valence-electron chi connectivity index (χ4n) is 3.73. The number of carbonyl (C=O) groups is 1. The Morgan fingerprint density at radius 3 is 2.41 bits per heavy atom. The van der Waals surface area contributed by atoms with Gasteiger partial charge in [0.2, 0.25) is 11.8 Å². The van der Waals surface area contributed by atoms with Gasteiger partial charge in [-0.2, -0.15) is 0 Å². The number of rotatable bonds is 6. The summed E-state index contributed by atoms with van der Waals surface area (Å²) in [6.07, 6.45) is 2.09. The third kappa shape index (κ3) is 5.62. The van der Waals surface area contributed by atoms with Crippen molar-refractivity contribution < 1.29 is 23.4 Å². The number of amides is 1. The van der Waals surface area contributed by atoms with Crippen LogP contribution >= 0.6 is 0 Å². The van der Waals surface area contributed by atoms with Crippen LogP contribution in [0.1, 0.15) is 32.3 Å². The molecule has 7 nitrogen and oxygen atoms in total. The number of piperidine rings is 1. The van der Waals surface area contributed by atoms with E-state index < -0.39 is 5.82 Å². The van der Waals surface area contributed by atoms with E-state index in [9.17, 15) is 9.18 Å². The van der Waals surface area contributed by atoms with E-state index in [1.54, 1.807) is 24.0 Å². The molecule has 1 amide bonds. The largest absolute Gasteiger partial charge is 0.474 e. The van der Waals surface area contributed by atoms with Crippen molar-refractivity contribution in [3.8, 4) is 28.6 Å². The molecular formula is C26H28FN3O4. The normalized spacial score (nSPS) is 14.2. The minimum atomic E-state index is -0.484. The third-order valence-corrected chi connectivity index (χ3v) is 5.55. The van der Waals surface area contributed by atoms with Crippen molar-refractivity contribution >= 4 is 6.09 Å². The molecule has 34 heavy (non-hydrogen) atoms. The highest BCUT2D eigenvalue weighted by Crippen LogP contribution is 2.32. The van der Waals surface area contributed by atoms with Gasteiger partial charge >= 0.3 is 6.09 Å². The van der Waals surface area contributed by atoms with Crippen LogP contribution in [-0.4, -0.2) is 46.3 Å². The van der Waals surface area contributed by atoms with Crippen molar-refractivity contribution in [3.63, 3.8) is 0 Å². The number of benzene rings is 2. The maximum absolute atomic E-state index is 14.8. The molecule has 8 heteroatoms. The first-order chi connectivity index (χ1) is 16.4. The van der Waals surface area contributed by atoms with Crippen LogP contribution in [0.2, 0.25) is 0 Å². The van der Waals surface area contributed by atoms with E-state index in [0.717, 1.165) is 11.1 Å². The van der Waals surface area contributed by atoms with E-state index in [2.05, 4.69) is 9.97 Å². The van der Waals surface area contributed by atoms with Gasteiger partial charge in [0, 0.05) is 25.9 Å². The molecule has 1 saturated heterocycles. The average Bonchev–Trinajstić information content (AvgIpc) is 2.83. The third-order valence-electron chi connectivity index (χ3n) is 5.55. The zero-order valence-electron chi connectivity index (χ0n) is 19.5. The maximum atomic E-state index is 14.8. The number of carbonyl (C=O) groups excluding carboxylic acids is 1. The van der Waals surface area contributed by atoms with Gasteiger partial charge in [0.05, 0.1) is 11.7 Å². The Labute approximate surface area is 198 Å². The summed E-state index contributed by atoms with van der Waals surface area (Å²) < 4.78 is 31.9. The summed E-state index contributed by atoms with van der Waals surface area (Å²) in [5.41, 5.74) is 2.26. The number of halogens is 1. The quantitative estimate of drug-likeness (QED) is 0.460. The summed E-state index contributed by atoms with van der Waals surface area (Å²) in [7, 11) is 0. The monoisotopic (exact) mass is 465 g/mol. The Balaban J connectivity index is 1.40. The van der Waals surface area contributed by atoms with E-state index in [1.807, 2.05) is 44.2 Å². The molecule has 3 aromatic rings. The molecule has 1 aromatic heterocycles. The van der Waals surface area contributed by atoms with E-state index in [-0.39, 0.29) is 29.9 Å². The van der Waals surface area contributed by atoms with Gasteiger partial charge in [0.25, 0.3) is 0 Å². The predicted molar refractivity (Wildman–Crippen MR) is 126 cm³/mol. The average molecular weight is 466 g/mol. The molecule has 0 bridgehead atoms. The number of hydrogen-bond acceptors (Lipinski definition) is 6. The van der Waals surface area contributed by atoms with Gasteiger partial charge < -0.3 is 19.1 Å². The maximum Gasteiger partial charge on any atom is 0.410 e. The van der Waals surface area contributed by atoms with Gasteiger partial charge in [0.1, 0.15) is 12.4 Å². The lowest BCUT2D eigenvalue weighted by Crippen LogP contribution is -2.42. The van der Waals surface area contributed by atoms with Gasteiger partial charge in [-0.1, -0.05) is 36.4 Å². The minimum absolute atomic E-state index is 0.0735. The molecule has 2 aromatic carbocycles. The van der Waals surface area contributed by atoms with E-state index in [0.29, 0.717) is 37.4 Å². The Hall–Kier alpha value is -3.68. The molecule has 1 aliphatic heterocycles. The second kappa shape index (κ2) is 10.5. The highest BCUT2D eigenvalue weighted by molar-refractivity contribution is 5.68. The molecule has 178 valence electrons. The fraction of sp³-hybridized carbons (Fsp3) is 0.346. The first-order valence-corrected chi connectivity index (χ1v) is 11.4. The molecule has 0 aliphatic carbocycles. The predicted octanol–water partition coefficient (Wildman–Crippen LogP) is 5.77. The molecule has 0 atom stereocenters. The standard InChI is InChI=1S/C26H28FN3O4/c1-17(2)32-26(31)30-13-11-21(12-14-30)33-24-18(3)25(29-16-28-24)34-23-10-9-20(15-22(23)27)19-7-5-4-6-8-19/h4-10,15-17,21H,11-14H2,1-3H3. The van der Waals surface area contributed by atoms with Crippen molar-refractivity contribution in [1.29, 1.82) is 0 Å². The van der Waals surface area contributed by atoms with E-state index in [4.69, 9.17) is 14.2 Å². The molecular weight excluding hydrogens is 437 g/mol. The SMILES string of the molecule is Cc1c(Oc2ccc(-c3ccccc3)cc2F)ncnc1OC1CCN(C(=O)OC(C)C)CC1. The highest BCUT2D eigenvalue weighted by Gasteiger charge is 2.26. The zero-order chi connectivity index (χ0) is 24.1. The van der Waals surface area contributed by atoms with Crippen LogP contribution in [0, 0.1) is 12.7 Å². The lowest BCUT2D eigenvalue weighted by molar-refractivity contribution is 0.0505. The number of likely N-dealkylation sites (tertiary alicyclic amines) is 1. The molecule has 0 radical (unpaired) electrons. The summed E-state index contributed by atoms with van der Waals surface area (Å²) >= 11 is 0. The first-order valence-electron chi connectivity index (χ1n) is 11.4. The molecule has 0 N–H and O–H groups in total. The molecule has 0 saturated carbocycles. The fourth-order valence-corrected chi connectivity index (χ4v) is 3.73. The van der Waals surface area contributed by atoms with Crippen molar-refractivity contribution in [1.82, 2.24) is 14.9 Å². The Kier molecular flexibility index (Phi) is 7.25. The Morgan fingerprint density at radius 1 is 1.03 bits per heavy atom. The molecule has 4 rings (SSSR count). The summed E-state index contributed by atoms with van der Waals surface area (Å²) in [6.45, 7) is 6.52. The molecule has 0 unspecified atom stereocenters. The summed E-state index contributed by atoms with van der Waals surface area (Å²) in [5, 5.41) is 0. The van der Waals surface area contributed by atoms with Crippen LogP contribution in [-0.2, 0) is 4.74 Å². The van der Waals surface area contributed by atoms with Gasteiger partial charge in [-0.05, 0) is 44.0 Å². The second-order valence-corrected chi connectivity index (χ2v) is 8.46. The lowest BCUT2D eigenvalue weighted by Gasteiger charge is -2.31. The summed E-state index contributed by atoms with van der Waals surface area (Å²) in [5.74, 6) is 0.204. The van der Waals surface area contributed by atoms with Crippen molar-refractivity contribution in [2.24, 2.45) is 0 Å². The van der Waals surface area contributed by atoms with Crippen LogP contribution in [0.15, 0.2) is 54.9 Å². The number of hydrogen-bond donors (Lipinski definition) is 0. The van der Waals surface area contributed by atoms with Gasteiger partial charge in [-0.25, -0.2) is 19.2 Å². The van der Waals surface area contributed by atoms with Crippen LogP contribution in [0.25, 0.3) is 11.1 Å². The van der Waals surface area contributed by atoms with Crippen LogP contribution < -0.4 is 9.47 Å². The summed E-state index contributed by atoms with van der Waals surface area (Å²) in [4.78, 5) is 22.1. The first kappa shape index (κ1) is 23.5. The number of aromatic nitrogens is 2.